The highest BCUT2D eigenvalue weighted by Crippen LogP contribution is 2.33. The number of nitrogens with zero attached hydrogens (tertiary/aromatic N) is 2. The maximum atomic E-state index is 11.4. The van der Waals surface area contributed by atoms with Crippen molar-refractivity contribution < 1.29 is 12.9 Å². The van der Waals surface area contributed by atoms with Crippen molar-refractivity contribution >= 4 is 26.8 Å². The molecule has 0 radical (unpaired) electrons. The number of nitrogens with two attached hydrogens (primary N) is 1. The van der Waals surface area contributed by atoms with Crippen LogP contribution in [0.1, 0.15) is 17.3 Å². The van der Waals surface area contributed by atoms with Gasteiger partial charge in [0.25, 0.3) is 0 Å². The van der Waals surface area contributed by atoms with E-state index < -0.39 is 10.0 Å². The van der Waals surface area contributed by atoms with Gasteiger partial charge >= 0.3 is 0 Å². The van der Waals surface area contributed by atoms with Gasteiger partial charge in [-0.3, -0.25) is 4.72 Å². The molecule has 0 fully saturated rings. The first-order chi connectivity index (χ1) is 13.9. The van der Waals surface area contributed by atoms with Crippen LogP contribution in [0.25, 0.3) is 22.2 Å². The van der Waals surface area contributed by atoms with Gasteiger partial charge in [-0.2, -0.15) is 0 Å². The van der Waals surface area contributed by atoms with E-state index in [4.69, 9.17) is 10.3 Å². The molecule has 0 saturated heterocycles. The third-order valence-electron chi connectivity index (χ3n) is 4.52. The molecule has 4 rings (SSSR count). The number of rotatable bonds is 6. The number of fused-ring (bicyclic) bond motifs is 1. The summed E-state index contributed by atoms with van der Waals surface area (Å²) in [6, 6.07) is 20.3. The largest absolute Gasteiger partial charge is 0.356 e. The molecule has 0 aliphatic heterocycles. The molecule has 2 aromatic heterocycles. The second-order valence-electron chi connectivity index (χ2n) is 6.81. The molecule has 0 saturated carbocycles. The number of para-hydroxylation sites is 1. The highest BCUT2D eigenvalue weighted by atomic mass is 32.2. The number of pyridine rings is 1. The average Bonchev–Trinajstić information content (AvgIpc) is 3.11. The quantitative estimate of drug-likeness (QED) is 0.505. The zero-order valence-electron chi connectivity index (χ0n) is 15.7. The Balaban J connectivity index is 1.66. The average molecular weight is 408 g/mol. The number of aromatic nitrogens is 2. The lowest BCUT2D eigenvalue weighted by Crippen LogP contribution is -2.16. The van der Waals surface area contributed by atoms with Gasteiger partial charge in [-0.05, 0) is 29.8 Å². The Kier molecular flexibility index (Phi) is 5.04. The maximum absolute atomic E-state index is 11.4. The van der Waals surface area contributed by atoms with E-state index in [2.05, 4.69) is 14.9 Å². The molecule has 8 heteroatoms. The molecule has 1 atom stereocenters. The van der Waals surface area contributed by atoms with E-state index in [1.165, 1.54) is 0 Å². The summed E-state index contributed by atoms with van der Waals surface area (Å²) in [4.78, 5) is 4.36. The van der Waals surface area contributed by atoms with Gasteiger partial charge < -0.3 is 10.3 Å². The molecule has 0 amide bonds. The summed E-state index contributed by atoms with van der Waals surface area (Å²) in [5.74, 6) is 0.271. The first-order valence-electron chi connectivity index (χ1n) is 9.04. The van der Waals surface area contributed by atoms with Crippen LogP contribution in [0.5, 0.6) is 0 Å². The van der Waals surface area contributed by atoms with Gasteiger partial charge in [0.15, 0.2) is 5.58 Å². The number of nitrogens with one attached hydrogen (secondary N) is 1. The van der Waals surface area contributed by atoms with Gasteiger partial charge in [0.1, 0.15) is 11.5 Å². The normalized spacial score (nSPS) is 12.8. The summed E-state index contributed by atoms with van der Waals surface area (Å²) in [7, 11) is -3.39. The van der Waals surface area contributed by atoms with E-state index >= 15 is 0 Å². The predicted octanol–water partition coefficient (Wildman–Crippen LogP) is 3.50. The van der Waals surface area contributed by atoms with Crippen LogP contribution < -0.4 is 10.5 Å². The minimum absolute atomic E-state index is 0.271. The van der Waals surface area contributed by atoms with Crippen molar-refractivity contribution in [2.45, 2.75) is 12.5 Å². The van der Waals surface area contributed by atoms with Crippen LogP contribution >= 0.6 is 0 Å². The molecule has 148 valence electrons. The summed E-state index contributed by atoms with van der Waals surface area (Å²) in [5.41, 5.74) is 10.5. The predicted molar refractivity (Wildman–Crippen MR) is 113 cm³/mol. The fraction of sp³-hybridized carbons (Fsp3) is 0.143. The van der Waals surface area contributed by atoms with Crippen molar-refractivity contribution in [1.82, 2.24) is 10.1 Å². The van der Waals surface area contributed by atoms with E-state index in [0.717, 1.165) is 28.5 Å². The summed E-state index contributed by atoms with van der Waals surface area (Å²) >= 11 is 0. The number of hydrogen-bond donors (Lipinski definition) is 2. The Morgan fingerprint density at radius 2 is 1.79 bits per heavy atom. The van der Waals surface area contributed by atoms with E-state index in [-0.39, 0.29) is 11.9 Å². The molecular weight excluding hydrogens is 388 g/mol. The van der Waals surface area contributed by atoms with Crippen molar-refractivity contribution in [1.29, 1.82) is 0 Å². The van der Waals surface area contributed by atoms with Crippen LogP contribution in [-0.4, -0.2) is 24.8 Å². The number of anilines is 1. The van der Waals surface area contributed by atoms with E-state index in [9.17, 15) is 8.42 Å². The van der Waals surface area contributed by atoms with Crippen molar-refractivity contribution in [2.75, 3.05) is 11.0 Å². The van der Waals surface area contributed by atoms with Crippen molar-refractivity contribution in [3.63, 3.8) is 0 Å². The molecule has 29 heavy (non-hydrogen) atoms. The Labute approximate surface area is 168 Å². The van der Waals surface area contributed by atoms with Gasteiger partial charge in [0.05, 0.1) is 6.26 Å². The number of hydrogen-bond acceptors (Lipinski definition) is 6. The van der Waals surface area contributed by atoms with Crippen LogP contribution in [0.4, 0.5) is 5.82 Å². The molecular formula is C21H20N4O3S. The van der Waals surface area contributed by atoms with E-state index in [0.29, 0.717) is 17.7 Å². The van der Waals surface area contributed by atoms with Crippen LogP contribution in [-0.2, 0) is 16.4 Å². The Morgan fingerprint density at radius 1 is 1.03 bits per heavy atom. The van der Waals surface area contributed by atoms with Gasteiger partial charge in [0, 0.05) is 29.1 Å². The smallest absolute Gasteiger partial charge is 0.230 e. The van der Waals surface area contributed by atoms with Gasteiger partial charge in [-0.25, -0.2) is 13.4 Å². The van der Waals surface area contributed by atoms with Gasteiger partial charge in [-0.15, -0.1) is 0 Å². The maximum Gasteiger partial charge on any atom is 0.230 e. The summed E-state index contributed by atoms with van der Waals surface area (Å²) in [6.07, 6.45) is 1.53. The van der Waals surface area contributed by atoms with Crippen LogP contribution in [0.2, 0.25) is 0 Å². The molecule has 4 aromatic rings. The molecule has 7 nitrogen and oxygen atoms in total. The van der Waals surface area contributed by atoms with E-state index in [1.807, 2.05) is 54.6 Å². The summed E-state index contributed by atoms with van der Waals surface area (Å²) in [5, 5.41) is 5.17. The molecule has 3 N–H and O–H groups in total. The molecule has 2 aromatic carbocycles. The highest BCUT2D eigenvalue weighted by molar-refractivity contribution is 7.92. The SMILES string of the molecule is CS(=O)(=O)Nc1cccc(CC(N)c2ccccc2-c2noc3ccccc23)n1. The van der Waals surface area contributed by atoms with Crippen molar-refractivity contribution in [3.8, 4) is 11.3 Å². The Hall–Kier alpha value is -3.23. The zero-order valence-corrected chi connectivity index (χ0v) is 16.6. The second kappa shape index (κ2) is 7.65. The van der Waals surface area contributed by atoms with E-state index in [1.54, 1.807) is 12.1 Å². The lowest BCUT2D eigenvalue weighted by molar-refractivity contribution is 0.459. The summed E-state index contributed by atoms with van der Waals surface area (Å²) < 4.78 is 30.7. The standard InChI is InChI=1S/C21H20N4O3S/c1-29(26,27)25-20-12-6-7-14(23-20)13-18(22)15-8-2-3-9-16(15)21-17-10-4-5-11-19(17)28-24-21/h2-12,18H,13,22H2,1H3,(H,23,25). The fourth-order valence-electron chi connectivity index (χ4n) is 3.29. The van der Waals surface area contributed by atoms with Crippen molar-refractivity contribution in [2.24, 2.45) is 5.73 Å². The molecule has 1 unspecified atom stereocenters. The third-order valence-corrected chi connectivity index (χ3v) is 5.10. The zero-order chi connectivity index (χ0) is 20.4. The lowest BCUT2D eigenvalue weighted by atomic mass is 9.94. The summed E-state index contributed by atoms with van der Waals surface area (Å²) in [6.45, 7) is 0. The molecule has 2 heterocycles. The lowest BCUT2D eigenvalue weighted by Gasteiger charge is -2.16. The second-order valence-corrected chi connectivity index (χ2v) is 8.56. The number of sulfonamides is 1. The highest BCUT2D eigenvalue weighted by Gasteiger charge is 2.18. The van der Waals surface area contributed by atoms with Crippen LogP contribution in [0.3, 0.4) is 0 Å². The monoisotopic (exact) mass is 408 g/mol. The Morgan fingerprint density at radius 3 is 2.62 bits per heavy atom. The molecule has 0 bridgehead atoms. The molecule has 0 aliphatic carbocycles. The first-order valence-corrected chi connectivity index (χ1v) is 10.9. The topological polar surface area (TPSA) is 111 Å². The first kappa shape index (κ1) is 19.1. The minimum atomic E-state index is -3.39. The van der Waals surface area contributed by atoms with Gasteiger partial charge in [0.2, 0.25) is 10.0 Å². The van der Waals surface area contributed by atoms with Crippen molar-refractivity contribution in [3.05, 3.63) is 78.0 Å². The fourth-order valence-corrected chi connectivity index (χ4v) is 3.79. The molecule has 0 aliphatic rings. The van der Waals surface area contributed by atoms with Gasteiger partial charge in [-0.1, -0.05) is 47.6 Å². The molecule has 0 spiro atoms. The third kappa shape index (κ3) is 4.28. The number of benzene rings is 2. The van der Waals surface area contributed by atoms with Crippen LogP contribution in [0, 0.1) is 0 Å². The minimum Gasteiger partial charge on any atom is -0.356 e. The van der Waals surface area contributed by atoms with Crippen LogP contribution in [0.15, 0.2) is 71.3 Å². The Bertz CT molecular complexity index is 1270.